The third-order valence-electron chi connectivity index (χ3n) is 5.20. The van der Waals surface area contributed by atoms with Gasteiger partial charge < -0.3 is 5.11 Å². The van der Waals surface area contributed by atoms with Crippen LogP contribution >= 0.6 is 0 Å². The van der Waals surface area contributed by atoms with Gasteiger partial charge in [0.2, 0.25) is 0 Å². The summed E-state index contributed by atoms with van der Waals surface area (Å²) in [5.41, 5.74) is 0. The van der Waals surface area contributed by atoms with Gasteiger partial charge in [0, 0.05) is 0 Å². The molecule has 0 bridgehead atoms. The van der Waals surface area contributed by atoms with Crippen LogP contribution in [0.1, 0.15) is 32.1 Å². The highest BCUT2D eigenvalue weighted by atomic mass is 32.3. The van der Waals surface area contributed by atoms with E-state index >= 15 is 0 Å². The van der Waals surface area contributed by atoms with E-state index in [2.05, 4.69) is 0 Å². The molecule has 1 saturated carbocycles. The highest BCUT2D eigenvalue weighted by Gasteiger charge is 2.42. The van der Waals surface area contributed by atoms with E-state index in [0.29, 0.717) is 12.8 Å². The van der Waals surface area contributed by atoms with Gasteiger partial charge in [-0.1, -0.05) is 49.2 Å². The molecule has 0 saturated heterocycles. The molecule has 0 spiro atoms. The van der Waals surface area contributed by atoms with Crippen molar-refractivity contribution in [1.29, 1.82) is 0 Å². The van der Waals surface area contributed by atoms with Crippen LogP contribution in [0.25, 0.3) is 0 Å². The van der Waals surface area contributed by atoms with Crippen LogP contribution in [0, 0.1) is 5.92 Å². The van der Waals surface area contributed by atoms with Crippen molar-refractivity contribution < 1.29 is 21.9 Å². The molecule has 0 heterocycles. The van der Waals surface area contributed by atoms with Crippen LogP contribution in [-0.2, 0) is 19.7 Å². The highest BCUT2D eigenvalue weighted by molar-refractivity contribution is 8.09. The average molecular weight is 409 g/mol. The number of hydrogen-bond donors (Lipinski definition) is 1. The topological polar surface area (TPSA) is 88.5 Å². The first-order chi connectivity index (χ1) is 12.8. The maximum Gasteiger partial charge on any atom is 0.195 e. The van der Waals surface area contributed by atoms with Gasteiger partial charge in [0.05, 0.1) is 15.9 Å². The Bertz CT molecular complexity index is 884. The highest BCUT2D eigenvalue weighted by Crippen LogP contribution is 2.35. The molecular weight excluding hydrogens is 384 g/mol. The zero-order chi connectivity index (χ0) is 19.5. The number of sulfone groups is 2. The summed E-state index contributed by atoms with van der Waals surface area (Å²) in [5, 5.41) is 10.3. The van der Waals surface area contributed by atoms with E-state index in [9.17, 15) is 21.9 Å². The van der Waals surface area contributed by atoms with Crippen molar-refractivity contribution in [2.24, 2.45) is 5.92 Å². The Morgan fingerprint density at radius 1 is 0.778 bits per heavy atom. The average Bonchev–Trinajstić information content (AvgIpc) is 2.68. The van der Waals surface area contributed by atoms with Gasteiger partial charge >= 0.3 is 0 Å². The summed E-state index contributed by atoms with van der Waals surface area (Å²) in [4.78, 5) is -0.0281. The summed E-state index contributed by atoms with van der Waals surface area (Å²) in [7, 11) is -8.26. The lowest BCUT2D eigenvalue weighted by molar-refractivity contribution is 0.0671. The van der Waals surface area contributed by atoms with Crippen LogP contribution in [0.2, 0.25) is 0 Å². The molecule has 2 aromatic rings. The van der Waals surface area contributed by atoms with Crippen LogP contribution in [-0.4, -0.2) is 32.6 Å². The van der Waals surface area contributed by atoms with Gasteiger partial charge in [0.15, 0.2) is 24.3 Å². The molecule has 27 heavy (non-hydrogen) atoms. The van der Waals surface area contributed by atoms with Crippen LogP contribution < -0.4 is 0 Å². The van der Waals surface area contributed by atoms with Crippen molar-refractivity contribution in [3.8, 4) is 0 Å². The van der Waals surface area contributed by atoms with Crippen molar-refractivity contribution in [1.82, 2.24) is 0 Å². The molecule has 2 atom stereocenters. The van der Waals surface area contributed by atoms with Crippen LogP contribution in [0.5, 0.6) is 0 Å². The predicted octanol–water partition coefficient (Wildman–Crippen LogP) is 3.20. The van der Waals surface area contributed by atoms with Gasteiger partial charge in [-0.25, -0.2) is 16.8 Å². The van der Waals surface area contributed by atoms with Gasteiger partial charge in [-0.15, -0.1) is 0 Å². The Morgan fingerprint density at radius 3 is 1.67 bits per heavy atom. The molecule has 1 N–H and O–H groups in total. The molecule has 7 heteroatoms. The van der Waals surface area contributed by atoms with Gasteiger partial charge in [0.25, 0.3) is 0 Å². The Kier molecular flexibility index (Phi) is 6.03. The summed E-state index contributed by atoms with van der Waals surface area (Å²) in [5.74, 6) is -0.347. The quantitative estimate of drug-likeness (QED) is 0.793. The van der Waals surface area contributed by atoms with E-state index in [1.54, 1.807) is 36.4 Å². The molecule has 1 aliphatic carbocycles. The Hall–Kier alpha value is -1.70. The van der Waals surface area contributed by atoms with E-state index in [1.165, 1.54) is 24.3 Å². The number of aliphatic hydroxyl groups excluding tert-OH is 1. The minimum atomic E-state index is -4.13. The van der Waals surface area contributed by atoms with Crippen molar-refractivity contribution in [2.75, 3.05) is 0 Å². The van der Waals surface area contributed by atoms with E-state index in [1.807, 2.05) is 0 Å². The lowest BCUT2D eigenvalue weighted by atomic mass is 9.85. The molecule has 5 nitrogen and oxygen atoms in total. The third-order valence-corrected chi connectivity index (χ3v) is 10.3. The second kappa shape index (κ2) is 8.12. The van der Waals surface area contributed by atoms with Crippen LogP contribution in [0.4, 0.5) is 0 Å². The Labute approximate surface area is 160 Å². The second-order valence-corrected chi connectivity index (χ2v) is 11.6. The second-order valence-electron chi connectivity index (χ2n) is 6.99. The number of rotatable bonds is 6. The fourth-order valence-electron chi connectivity index (χ4n) is 3.65. The molecule has 146 valence electrons. The lowest BCUT2D eigenvalue weighted by Gasteiger charge is -2.30. The first-order valence-electron chi connectivity index (χ1n) is 9.09. The molecule has 1 aliphatic rings. The minimum Gasteiger partial charge on any atom is -0.393 e. The summed E-state index contributed by atoms with van der Waals surface area (Å²) >= 11 is 0. The van der Waals surface area contributed by atoms with Gasteiger partial charge in [0.1, 0.15) is 0 Å². The first-order valence-corrected chi connectivity index (χ1v) is 12.2. The summed E-state index contributed by atoms with van der Waals surface area (Å²) in [6.07, 6.45) is 2.18. The molecule has 0 aromatic heterocycles. The fraction of sp³-hybridized carbons (Fsp3) is 0.400. The van der Waals surface area contributed by atoms with Gasteiger partial charge in [-0.05, 0) is 49.4 Å². The summed E-state index contributed by atoms with van der Waals surface area (Å²) < 4.78 is 51.5. The lowest BCUT2D eigenvalue weighted by Crippen LogP contribution is -2.36. The zero-order valence-electron chi connectivity index (χ0n) is 14.9. The van der Waals surface area contributed by atoms with E-state index in [4.69, 9.17) is 0 Å². The normalized spacial score (nSPS) is 21.3. The monoisotopic (exact) mass is 408 g/mol. The van der Waals surface area contributed by atoms with Crippen LogP contribution in [0.15, 0.2) is 70.5 Å². The van der Waals surface area contributed by atoms with Crippen LogP contribution in [0.3, 0.4) is 0 Å². The van der Waals surface area contributed by atoms with Gasteiger partial charge in [-0.2, -0.15) is 0 Å². The largest absolute Gasteiger partial charge is 0.393 e. The molecule has 2 aromatic carbocycles. The smallest absolute Gasteiger partial charge is 0.195 e. The van der Waals surface area contributed by atoms with Gasteiger partial charge in [-0.3, -0.25) is 0 Å². The number of benzene rings is 2. The predicted molar refractivity (Wildman–Crippen MR) is 104 cm³/mol. The molecule has 3 rings (SSSR count). The van der Waals surface area contributed by atoms with Crippen molar-refractivity contribution in [2.45, 2.75) is 52.6 Å². The third kappa shape index (κ3) is 4.25. The summed E-state index contributed by atoms with van der Waals surface area (Å²) in [6, 6.07) is 15.3. The zero-order valence-corrected chi connectivity index (χ0v) is 16.6. The standard InChI is InChI=1S/C20H24O5S2/c21-19-14-8-7-9-16(19)15-20(26(22,23)17-10-3-1-4-11-17)27(24,25)18-12-5-2-6-13-18/h1-6,10-13,16,19-21H,7-9,14-15H2. The number of hydrogen-bond acceptors (Lipinski definition) is 5. The van der Waals surface area contributed by atoms with E-state index < -0.39 is 30.4 Å². The maximum absolute atomic E-state index is 13.3. The molecular formula is C20H24O5S2. The van der Waals surface area contributed by atoms with Crippen molar-refractivity contribution >= 4 is 19.7 Å². The maximum atomic E-state index is 13.3. The number of aliphatic hydroxyl groups is 1. The molecule has 0 aliphatic heterocycles. The molecule has 0 radical (unpaired) electrons. The van der Waals surface area contributed by atoms with Crippen molar-refractivity contribution in [3.63, 3.8) is 0 Å². The van der Waals surface area contributed by atoms with Crippen molar-refractivity contribution in [3.05, 3.63) is 60.7 Å². The first kappa shape index (κ1) is 20.0. The molecule has 2 unspecified atom stereocenters. The minimum absolute atomic E-state index is 0.0141. The summed E-state index contributed by atoms with van der Waals surface area (Å²) in [6.45, 7) is 0. The molecule has 0 amide bonds. The SMILES string of the molecule is O=S(=O)(c1ccccc1)C(CC1CCCCC1O)S(=O)(=O)c1ccccc1. The fourth-order valence-corrected chi connectivity index (χ4v) is 8.34. The van der Waals surface area contributed by atoms with E-state index in [-0.39, 0.29) is 22.1 Å². The Morgan fingerprint density at radius 2 is 1.22 bits per heavy atom. The Balaban J connectivity index is 2.06. The molecule has 1 fully saturated rings. The van der Waals surface area contributed by atoms with E-state index in [0.717, 1.165) is 12.8 Å².